The Bertz CT molecular complexity index is 1070. The molecule has 0 radical (unpaired) electrons. The number of nitrogens with zero attached hydrogens (tertiary/aromatic N) is 2. The minimum Gasteiger partial charge on any atom is -0.378 e. The Morgan fingerprint density at radius 1 is 0.867 bits per heavy atom. The molecular weight excluding hydrogens is 396 g/mol. The molecule has 1 atom stereocenters. The van der Waals surface area contributed by atoms with Gasteiger partial charge in [-0.05, 0) is 35.6 Å². The van der Waals surface area contributed by atoms with Crippen molar-refractivity contribution in [1.82, 2.24) is 9.80 Å². The first-order valence-corrected chi connectivity index (χ1v) is 11.3. The molecule has 2 aliphatic rings. The summed E-state index contributed by atoms with van der Waals surface area (Å²) >= 11 is 1.58. The maximum Gasteiger partial charge on any atom is 0.264 e. The standard InChI is InChI=1S/C24H24N2O3S/c27-23(17-6-2-1-3-7-17)26-11-10-18(16-26)21-19-8-4-5-9-20(19)30-22(21)24(28)25-12-14-29-15-13-25/h1-9,18H,10-16H2/t18-/m1/s1. The van der Waals surface area contributed by atoms with Crippen LogP contribution in [-0.4, -0.2) is 61.0 Å². The highest BCUT2D eigenvalue weighted by Crippen LogP contribution is 2.41. The number of carbonyl (C=O) groups excluding carboxylic acids is 2. The fraction of sp³-hybridized carbons (Fsp3) is 0.333. The molecule has 3 heterocycles. The van der Waals surface area contributed by atoms with Crippen LogP contribution in [0.2, 0.25) is 0 Å². The van der Waals surface area contributed by atoms with E-state index >= 15 is 0 Å². The number of rotatable bonds is 3. The topological polar surface area (TPSA) is 49.9 Å². The van der Waals surface area contributed by atoms with Crippen molar-refractivity contribution in [1.29, 1.82) is 0 Å². The van der Waals surface area contributed by atoms with Gasteiger partial charge in [0.1, 0.15) is 0 Å². The first kappa shape index (κ1) is 19.3. The van der Waals surface area contributed by atoms with Gasteiger partial charge in [-0.2, -0.15) is 0 Å². The smallest absolute Gasteiger partial charge is 0.264 e. The molecule has 2 aliphatic heterocycles. The van der Waals surface area contributed by atoms with Gasteiger partial charge < -0.3 is 14.5 Å². The van der Waals surface area contributed by atoms with E-state index < -0.39 is 0 Å². The Morgan fingerprint density at radius 2 is 1.60 bits per heavy atom. The third-order valence-electron chi connectivity index (χ3n) is 6.03. The first-order chi connectivity index (χ1) is 14.7. The molecule has 2 aromatic carbocycles. The van der Waals surface area contributed by atoms with Crippen molar-refractivity contribution >= 4 is 33.2 Å². The van der Waals surface area contributed by atoms with Crippen LogP contribution in [0.1, 0.15) is 37.9 Å². The van der Waals surface area contributed by atoms with Gasteiger partial charge in [-0.1, -0.05) is 36.4 Å². The molecule has 0 spiro atoms. The molecule has 3 aromatic rings. The van der Waals surface area contributed by atoms with Crippen LogP contribution >= 0.6 is 11.3 Å². The summed E-state index contributed by atoms with van der Waals surface area (Å²) in [6.45, 7) is 3.82. The highest BCUT2D eigenvalue weighted by molar-refractivity contribution is 7.21. The van der Waals surface area contributed by atoms with Crippen molar-refractivity contribution in [3.05, 3.63) is 70.6 Å². The van der Waals surface area contributed by atoms with E-state index in [0.717, 1.165) is 32.5 Å². The molecule has 5 nitrogen and oxygen atoms in total. The summed E-state index contributed by atoms with van der Waals surface area (Å²) in [5, 5.41) is 1.15. The number of hydrogen-bond donors (Lipinski definition) is 0. The van der Waals surface area contributed by atoms with Gasteiger partial charge in [-0.15, -0.1) is 11.3 Å². The van der Waals surface area contributed by atoms with Crippen LogP contribution in [0.4, 0.5) is 0 Å². The molecule has 0 N–H and O–H groups in total. The van der Waals surface area contributed by atoms with Gasteiger partial charge in [0, 0.05) is 42.4 Å². The zero-order chi connectivity index (χ0) is 20.5. The minimum absolute atomic E-state index is 0.0682. The average Bonchev–Trinajstić information content (AvgIpc) is 3.44. The molecule has 5 rings (SSSR count). The van der Waals surface area contributed by atoms with Gasteiger partial charge >= 0.3 is 0 Å². The van der Waals surface area contributed by atoms with Gasteiger partial charge in [0.05, 0.1) is 18.1 Å². The molecule has 2 amide bonds. The van der Waals surface area contributed by atoms with Crippen LogP contribution in [0.25, 0.3) is 10.1 Å². The number of hydrogen-bond acceptors (Lipinski definition) is 4. The summed E-state index contributed by atoms with van der Waals surface area (Å²) in [6.07, 6.45) is 0.878. The van der Waals surface area contributed by atoms with Crippen LogP contribution in [0.5, 0.6) is 0 Å². The molecule has 0 unspecified atom stereocenters. The second-order valence-electron chi connectivity index (χ2n) is 7.85. The number of fused-ring (bicyclic) bond motifs is 1. The second kappa shape index (κ2) is 8.20. The largest absolute Gasteiger partial charge is 0.378 e. The van der Waals surface area contributed by atoms with Crippen LogP contribution in [0.15, 0.2) is 54.6 Å². The van der Waals surface area contributed by atoms with Gasteiger partial charge in [0.25, 0.3) is 11.8 Å². The van der Waals surface area contributed by atoms with Crippen molar-refractivity contribution in [2.24, 2.45) is 0 Å². The molecule has 0 bridgehead atoms. The number of amides is 2. The Kier molecular flexibility index (Phi) is 5.27. The van der Waals surface area contributed by atoms with Crippen LogP contribution in [0.3, 0.4) is 0 Å². The summed E-state index contributed by atoms with van der Waals surface area (Å²) in [5.74, 6) is 0.342. The van der Waals surface area contributed by atoms with Crippen molar-refractivity contribution in [2.75, 3.05) is 39.4 Å². The predicted octanol–water partition coefficient (Wildman–Crippen LogP) is 4.00. The second-order valence-corrected chi connectivity index (χ2v) is 8.90. The Hall–Kier alpha value is -2.70. The maximum atomic E-state index is 13.4. The van der Waals surface area contributed by atoms with E-state index in [1.807, 2.05) is 52.3 Å². The summed E-state index contributed by atoms with van der Waals surface area (Å²) in [4.78, 5) is 31.0. The number of carbonyl (C=O) groups is 2. The lowest BCUT2D eigenvalue weighted by Gasteiger charge is -2.27. The zero-order valence-electron chi connectivity index (χ0n) is 16.8. The van der Waals surface area contributed by atoms with Crippen molar-refractivity contribution in [3.63, 3.8) is 0 Å². The van der Waals surface area contributed by atoms with Gasteiger partial charge in [-0.3, -0.25) is 9.59 Å². The van der Waals surface area contributed by atoms with Crippen molar-refractivity contribution in [3.8, 4) is 0 Å². The van der Waals surface area contributed by atoms with E-state index in [1.165, 1.54) is 0 Å². The van der Waals surface area contributed by atoms with Gasteiger partial charge in [-0.25, -0.2) is 0 Å². The molecule has 2 fully saturated rings. The Balaban J connectivity index is 1.46. The molecule has 0 saturated carbocycles. The first-order valence-electron chi connectivity index (χ1n) is 10.4. The Morgan fingerprint density at radius 3 is 2.40 bits per heavy atom. The van der Waals surface area contributed by atoms with Crippen LogP contribution in [-0.2, 0) is 4.74 Å². The summed E-state index contributed by atoms with van der Waals surface area (Å²) in [7, 11) is 0. The molecule has 154 valence electrons. The summed E-state index contributed by atoms with van der Waals surface area (Å²) in [6, 6.07) is 17.7. The normalized spacial score (nSPS) is 19.4. The summed E-state index contributed by atoms with van der Waals surface area (Å²) < 4.78 is 6.56. The monoisotopic (exact) mass is 420 g/mol. The lowest BCUT2D eigenvalue weighted by molar-refractivity contribution is 0.0305. The fourth-order valence-electron chi connectivity index (χ4n) is 4.48. The number of benzene rings is 2. The highest BCUT2D eigenvalue weighted by atomic mass is 32.1. The fourth-order valence-corrected chi connectivity index (χ4v) is 5.74. The molecule has 0 aliphatic carbocycles. The number of thiophene rings is 1. The zero-order valence-corrected chi connectivity index (χ0v) is 17.6. The van der Waals surface area contributed by atoms with E-state index in [1.54, 1.807) is 11.3 Å². The van der Waals surface area contributed by atoms with E-state index in [4.69, 9.17) is 4.74 Å². The van der Waals surface area contributed by atoms with E-state index in [2.05, 4.69) is 12.1 Å². The SMILES string of the molecule is O=C(c1ccccc1)N1CC[C@@H](c2c(C(=O)N3CCOCC3)sc3ccccc23)C1. The molecule has 1 aromatic heterocycles. The van der Waals surface area contributed by atoms with Crippen molar-refractivity contribution in [2.45, 2.75) is 12.3 Å². The molecule has 2 saturated heterocycles. The van der Waals surface area contributed by atoms with Gasteiger partial charge in [0.2, 0.25) is 0 Å². The van der Waals surface area contributed by atoms with E-state index in [0.29, 0.717) is 39.4 Å². The number of likely N-dealkylation sites (tertiary alicyclic amines) is 1. The maximum absolute atomic E-state index is 13.4. The quantitative estimate of drug-likeness (QED) is 0.643. The molecule has 6 heteroatoms. The molecule has 30 heavy (non-hydrogen) atoms. The van der Waals surface area contributed by atoms with Crippen LogP contribution in [0, 0.1) is 0 Å². The third kappa shape index (κ3) is 3.50. The summed E-state index contributed by atoms with van der Waals surface area (Å²) in [5.41, 5.74) is 1.84. The predicted molar refractivity (Wildman–Crippen MR) is 118 cm³/mol. The number of ether oxygens (including phenoxy) is 1. The number of morpholine rings is 1. The molecular formula is C24H24N2O3S. The minimum atomic E-state index is 0.0682. The van der Waals surface area contributed by atoms with E-state index in [9.17, 15) is 9.59 Å². The average molecular weight is 421 g/mol. The Labute approximate surface area is 179 Å². The van der Waals surface area contributed by atoms with Gasteiger partial charge in [0.15, 0.2) is 0 Å². The lowest BCUT2D eigenvalue weighted by Crippen LogP contribution is -2.40. The third-order valence-corrected chi connectivity index (χ3v) is 7.21. The highest BCUT2D eigenvalue weighted by Gasteiger charge is 2.34. The lowest BCUT2D eigenvalue weighted by atomic mass is 9.94. The van der Waals surface area contributed by atoms with Crippen LogP contribution < -0.4 is 0 Å². The van der Waals surface area contributed by atoms with E-state index in [-0.39, 0.29) is 17.7 Å². The van der Waals surface area contributed by atoms with Crippen molar-refractivity contribution < 1.29 is 14.3 Å².